The van der Waals surface area contributed by atoms with E-state index in [4.69, 9.17) is 9.47 Å². The summed E-state index contributed by atoms with van der Waals surface area (Å²) in [6.07, 6.45) is 0. The number of benzene rings is 2. The maximum Gasteiger partial charge on any atom is 0.193 e. The molecule has 1 aromatic heterocycles. The molecule has 0 radical (unpaired) electrons. The van der Waals surface area contributed by atoms with Gasteiger partial charge in [0.15, 0.2) is 5.43 Å². The van der Waals surface area contributed by atoms with Crippen molar-refractivity contribution in [1.82, 2.24) is 4.57 Å². The van der Waals surface area contributed by atoms with Crippen LogP contribution in [-0.2, 0) is 7.05 Å². The fourth-order valence-corrected chi connectivity index (χ4v) is 3.66. The molecule has 0 amide bonds. The summed E-state index contributed by atoms with van der Waals surface area (Å²) in [5.74, 6) is 2.06. The molecule has 28 heavy (non-hydrogen) atoms. The van der Waals surface area contributed by atoms with Crippen molar-refractivity contribution in [2.24, 2.45) is 13.0 Å². The second kappa shape index (κ2) is 7.70. The topological polar surface area (TPSA) is 40.5 Å². The Bertz CT molecular complexity index is 1090. The molecule has 0 bridgehead atoms. The molecule has 0 aliphatic rings. The monoisotopic (exact) mass is 379 g/mol. The number of aryl methyl sites for hydroxylation is 3. The maximum absolute atomic E-state index is 13.2. The molecule has 2 aromatic carbocycles. The van der Waals surface area contributed by atoms with Crippen molar-refractivity contribution < 1.29 is 9.47 Å². The molecule has 1 heterocycles. The summed E-state index contributed by atoms with van der Waals surface area (Å²) in [5, 5.41) is 0.693. The number of aromatic nitrogens is 1. The molecule has 3 rings (SSSR count). The van der Waals surface area contributed by atoms with Crippen molar-refractivity contribution in [2.45, 2.75) is 34.6 Å². The Morgan fingerprint density at radius 2 is 1.68 bits per heavy atom. The van der Waals surface area contributed by atoms with Gasteiger partial charge in [-0.05, 0) is 73.7 Å². The van der Waals surface area contributed by atoms with E-state index in [0.29, 0.717) is 17.9 Å². The van der Waals surface area contributed by atoms with E-state index in [9.17, 15) is 4.79 Å². The summed E-state index contributed by atoms with van der Waals surface area (Å²) in [7, 11) is 3.68. The molecule has 0 saturated carbocycles. The fraction of sp³-hybridized carbons (Fsp3) is 0.375. The molecule has 0 atom stereocenters. The fourth-order valence-electron chi connectivity index (χ4n) is 3.66. The second-order valence-corrected chi connectivity index (χ2v) is 7.89. The number of hydrogen-bond acceptors (Lipinski definition) is 3. The van der Waals surface area contributed by atoms with Crippen LogP contribution in [0, 0.1) is 26.7 Å². The van der Waals surface area contributed by atoms with Crippen molar-refractivity contribution in [3.05, 3.63) is 57.2 Å². The van der Waals surface area contributed by atoms with Gasteiger partial charge in [-0.25, -0.2) is 0 Å². The summed E-state index contributed by atoms with van der Waals surface area (Å²) in [6, 6.07) is 9.97. The van der Waals surface area contributed by atoms with Crippen molar-refractivity contribution in [3.63, 3.8) is 0 Å². The van der Waals surface area contributed by atoms with E-state index in [2.05, 4.69) is 24.5 Å². The van der Waals surface area contributed by atoms with Crippen LogP contribution in [0.15, 0.2) is 35.1 Å². The number of ether oxygens (including phenoxy) is 2. The molecule has 0 fully saturated rings. The number of hydrogen-bond donors (Lipinski definition) is 0. The number of nitrogens with zero attached hydrogens (tertiary/aromatic N) is 1. The van der Waals surface area contributed by atoms with Gasteiger partial charge in [-0.1, -0.05) is 13.8 Å². The lowest BCUT2D eigenvalue weighted by molar-refractivity contribution is 0.270. The summed E-state index contributed by atoms with van der Waals surface area (Å²) in [6.45, 7) is 10.8. The lowest BCUT2D eigenvalue weighted by Crippen LogP contribution is -2.15. The Labute approximate surface area is 166 Å². The zero-order valence-corrected chi connectivity index (χ0v) is 17.8. The van der Waals surface area contributed by atoms with Gasteiger partial charge in [-0.15, -0.1) is 0 Å². The Kier molecular flexibility index (Phi) is 5.50. The molecule has 4 nitrogen and oxygen atoms in total. The van der Waals surface area contributed by atoms with Gasteiger partial charge in [0.2, 0.25) is 0 Å². The molecule has 0 unspecified atom stereocenters. The molecule has 0 saturated heterocycles. The van der Waals surface area contributed by atoms with Crippen molar-refractivity contribution >= 4 is 10.9 Å². The van der Waals surface area contributed by atoms with Crippen LogP contribution in [0.25, 0.3) is 22.2 Å². The molecule has 0 aliphatic heterocycles. The molecular formula is C24H29NO3. The quantitative estimate of drug-likeness (QED) is 0.614. The normalized spacial score (nSPS) is 11.3. The first kappa shape index (κ1) is 20.0. The second-order valence-electron chi connectivity index (χ2n) is 7.89. The SMILES string of the molecule is COc1ccc(-c2c(C)c(=O)c3cc(OCC(C)C)c(C)cc3n2C)cc1C. The third-order valence-electron chi connectivity index (χ3n) is 5.17. The van der Waals surface area contributed by atoms with Crippen molar-refractivity contribution in [3.8, 4) is 22.8 Å². The van der Waals surface area contributed by atoms with Gasteiger partial charge in [-0.3, -0.25) is 4.79 Å². The minimum atomic E-state index is 0.0472. The zero-order chi connectivity index (χ0) is 20.6. The van der Waals surface area contributed by atoms with Gasteiger partial charge >= 0.3 is 0 Å². The van der Waals surface area contributed by atoms with Crippen LogP contribution in [0.5, 0.6) is 11.5 Å². The predicted octanol–water partition coefficient (Wildman–Crippen LogP) is 5.17. The number of methoxy groups -OCH3 is 1. The largest absolute Gasteiger partial charge is 0.496 e. The molecule has 0 N–H and O–H groups in total. The highest BCUT2D eigenvalue weighted by Gasteiger charge is 2.16. The highest BCUT2D eigenvalue weighted by Crippen LogP contribution is 2.31. The van der Waals surface area contributed by atoms with Crippen molar-refractivity contribution in [1.29, 1.82) is 0 Å². The first-order valence-corrected chi connectivity index (χ1v) is 9.66. The van der Waals surface area contributed by atoms with E-state index >= 15 is 0 Å². The molecule has 0 spiro atoms. The molecular weight excluding hydrogens is 350 g/mol. The Balaban J connectivity index is 2.23. The molecule has 4 heteroatoms. The Hall–Kier alpha value is -2.75. The van der Waals surface area contributed by atoms with Gasteiger partial charge in [0, 0.05) is 18.0 Å². The summed E-state index contributed by atoms with van der Waals surface area (Å²) < 4.78 is 13.4. The third kappa shape index (κ3) is 3.51. The van der Waals surface area contributed by atoms with Gasteiger partial charge in [-0.2, -0.15) is 0 Å². The van der Waals surface area contributed by atoms with E-state index in [-0.39, 0.29) is 5.43 Å². The van der Waals surface area contributed by atoms with E-state index in [0.717, 1.165) is 45.0 Å². The average molecular weight is 380 g/mol. The highest BCUT2D eigenvalue weighted by atomic mass is 16.5. The first-order chi connectivity index (χ1) is 13.2. The standard InChI is InChI=1S/C24H29NO3/c1-14(2)13-28-22-12-19-20(11-16(22)4)25(6)23(17(5)24(19)26)18-8-9-21(27-7)15(3)10-18/h8-12,14H,13H2,1-7H3. The van der Waals surface area contributed by atoms with Crippen LogP contribution in [0.2, 0.25) is 0 Å². The van der Waals surface area contributed by atoms with Crippen molar-refractivity contribution in [2.75, 3.05) is 13.7 Å². The minimum Gasteiger partial charge on any atom is -0.496 e. The van der Waals surface area contributed by atoms with E-state index in [1.165, 1.54) is 0 Å². The predicted molar refractivity (Wildman–Crippen MR) is 116 cm³/mol. The van der Waals surface area contributed by atoms with E-state index in [1.807, 2.05) is 52.1 Å². The lowest BCUT2D eigenvalue weighted by atomic mass is 10.00. The minimum absolute atomic E-state index is 0.0472. The summed E-state index contributed by atoms with van der Waals surface area (Å²) in [5.41, 5.74) is 5.70. The number of rotatable bonds is 5. The Morgan fingerprint density at radius 1 is 1.00 bits per heavy atom. The van der Waals surface area contributed by atoms with Gasteiger partial charge in [0.1, 0.15) is 11.5 Å². The van der Waals surface area contributed by atoms with Crippen LogP contribution in [0.1, 0.15) is 30.5 Å². The smallest absolute Gasteiger partial charge is 0.193 e. The van der Waals surface area contributed by atoms with Crippen LogP contribution >= 0.6 is 0 Å². The molecule has 0 aliphatic carbocycles. The van der Waals surface area contributed by atoms with Gasteiger partial charge in [0.05, 0.1) is 24.9 Å². The van der Waals surface area contributed by atoms with Crippen LogP contribution in [0.3, 0.4) is 0 Å². The summed E-state index contributed by atoms with van der Waals surface area (Å²) >= 11 is 0. The first-order valence-electron chi connectivity index (χ1n) is 9.66. The molecule has 148 valence electrons. The lowest BCUT2D eigenvalue weighted by Gasteiger charge is -2.19. The van der Waals surface area contributed by atoms with Crippen LogP contribution in [0.4, 0.5) is 0 Å². The Morgan fingerprint density at radius 3 is 2.29 bits per heavy atom. The maximum atomic E-state index is 13.2. The highest BCUT2D eigenvalue weighted by molar-refractivity contribution is 5.86. The average Bonchev–Trinajstić information content (AvgIpc) is 2.65. The summed E-state index contributed by atoms with van der Waals surface area (Å²) in [4.78, 5) is 13.2. The van der Waals surface area contributed by atoms with Crippen LogP contribution < -0.4 is 14.9 Å². The number of pyridine rings is 1. The van der Waals surface area contributed by atoms with Crippen LogP contribution in [-0.4, -0.2) is 18.3 Å². The number of fused-ring (bicyclic) bond motifs is 1. The van der Waals surface area contributed by atoms with Gasteiger partial charge < -0.3 is 14.0 Å². The molecule has 3 aromatic rings. The zero-order valence-electron chi connectivity index (χ0n) is 17.8. The third-order valence-corrected chi connectivity index (χ3v) is 5.17. The van der Waals surface area contributed by atoms with Gasteiger partial charge in [0.25, 0.3) is 0 Å². The van der Waals surface area contributed by atoms with E-state index in [1.54, 1.807) is 7.11 Å². The van der Waals surface area contributed by atoms with E-state index < -0.39 is 0 Å².